The number of rotatable bonds is 4. The summed E-state index contributed by atoms with van der Waals surface area (Å²) in [6.07, 6.45) is -0.0554. The van der Waals surface area contributed by atoms with Gasteiger partial charge >= 0.3 is 0 Å². The summed E-state index contributed by atoms with van der Waals surface area (Å²) in [6.45, 7) is 1.40. The van der Waals surface area contributed by atoms with Crippen molar-refractivity contribution < 1.29 is 9.47 Å². The molecule has 1 heterocycles. The molecule has 1 aromatic carbocycles. The molecule has 2 atom stereocenters. The Morgan fingerprint density at radius 3 is 2.77 bits per heavy atom. The zero-order valence-electron chi connectivity index (χ0n) is 7.35. The fourth-order valence-corrected chi connectivity index (χ4v) is 1.11. The topological polar surface area (TPSA) is 47.8 Å². The molecule has 2 rings (SSSR count). The smallest absolute Gasteiger partial charge is 0.131 e. The molecule has 2 unspecified atom stereocenters. The summed E-state index contributed by atoms with van der Waals surface area (Å²) in [6, 6.07) is 9.77. The first-order valence-corrected chi connectivity index (χ1v) is 4.40. The van der Waals surface area contributed by atoms with Crippen molar-refractivity contribution >= 4 is 0 Å². The van der Waals surface area contributed by atoms with Gasteiger partial charge in [-0.1, -0.05) is 30.3 Å². The maximum absolute atomic E-state index is 5.79. The van der Waals surface area contributed by atoms with Crippen LogP contribution in [0.4, 0.5) is 0 Å². The van der Waals surface area contributed by atoms with Crippen molar-refractivity contribution in [1.82, 2.24) is 0 Å². The molecule has 2 N–H and O–H groups in total. The van der Waals surface area contributed by atoms with E-state index in [0.29, 0.717) is 6.61 Å². The van der Waals surface area contributed by atoms with Crippen molar-refractivity contribution in [3.63, 3.8) is 0 Å². The number of ether oxygens (including phenoxy) is 2. The van der Waals surface area contributed by atoms with Crippen LogP contribution in [0.1, 0.15) is 11.8 Å². The third-order valence-electron chi connectivity index (χ3n) is 1.99. The fraction of sp³-hybridized carbons (Fsp3) is 0.400. The summed E-state index contributed by atoms with van der Waals surface area (Å²) in [4.78, 5) is 0. The highest BCUT2D eigenvalue weighted by Crippen LogP contribution is 2.15. The lowest BCUT2D eigenvalue weighted by atomic mass is 10.2. The van der Waals surface area contributed by atoms with E-state index in [-0.39, 0.29) is 12.3 Å². The monoisotopic (exact) mass is 179 g/mol. The van der Waals surface area contributed by atoms with Crippen molar-refractivity contribution in [2.45, 2.75) is 12.3 Å². The summed E-state index contributed by atoms with van der Waals surface area (Å²) >= 11 is 0. The molecule has 1 aliphatic heterocycles. The number of benzene rings is 1. The first-order valence-electron chi connectivity index (χ1n) is 4.40. The maximum Gasteiger partial charge on any atom is 0.131 e. The standard InChI is InChI=1S/C10H13NO2/c11-10(13-7-9-6-12-9)8-4-2-1-3-5-8/h1-5,9-10H,6-7,11H2. The third kappa shape index (κ3) is 2.52. The lowest BCUT2D eigenvalue weighted by Gasteiger charge is -2.11. The molecule has 0 aromatic heterocycles. The van der Waals surface area contributed by atoms with Crippen molar-refractivity contribution in [2.24, 2.45) is 5.73 Å². The minimum atomic E-state index is -0.328. The molecule has 0 aliphatic carbocycles. The zero-order valence-corrected chi connectivity index (χ0v) is 7.35. The SMILES string of the molecule is NC(OCC1CO1)c1ccccc1. The summed E-state index contributed by atoms with van der Waals surface area (Å²) < 4.78 is 10.4. The fourth-order valence-electron chi connectivity index (χ4n) is 1.11. The average molecular weight is 179 g/mol. The van der Waals surface area contributed by atoms with Gasteiger partial charge in [-0.15, -0.1) is 0 Å². The molecule has 0 radical (unpaired) electrons. The molecular weight excluding hydrogens is 166 g/mol. The van der Waals surface area contributed by atoms with E-state index in [2.05, 4.69) is 0 Å². The summed E-state index contributed by atoms with van der Waals surface area (Å²) in [5, 5.41) is 0. The normalized spacial score (nSPS) is 22.7. The minimum absolute atomic E-state index is 0.273. The Morgan fingerprint density at radius 1 is 1.46 bits per heavy atom. The molecule has 1 saturated heterocycles. The second kappa shape index (κ2) is 3.87. The van der Waals surface area contributed by atoms with E-state index in [9.17, 15) is 0 Å². The second-order valence-electron chi connectivity index (χ2n) is 3.12. The van der Waals surface area contributed by atoms with Gasteiger partial charge in [-0.3, -0.25) is 0 Å². The predicted octanol–water partition coefficient (Wildman–Crippen LogP) is 1.06. The van der Waals surface area contributed by atoms with Crippen molar-refractivity contribution in [2.75, 3.05) is 13.2 Å². The first-order chi connectivity index (χ1) is 6.36. The number of epoxide rings is 1. The van der Waals surface area contributed by atoms with E-state index in [1.165, 1.54) is 0 Å². The molecule has 1 fully saturated rings. The van der Waals surface area contributed by atoms with Gasteiger partial charge in [0, 0.05) is 0 Å². The molecule has 0 spiro atoms. The molecule has 3 heteroatoms. The second-order valence-corrected chi connectivity index (χ2v) is 3.12. The van der Waals surface area contributed by atoms with Crippen LogP contribution in [0.3, 0.4) is 0 Å². The molecule has 0 amide bonds. The highest BCUT2D eigenvalue weighted by Gasteiger charge is 2.23. The predicted molar refractivity (Wildman–Crippen MR) is 49.1 cm³/mol. The Labute approximate surface area is 77.5 Å². The van der Waals surface area contributed by atoms with Gasteiger partial charge in [0.2, 0.25) is 0 Å². The van der Waals surface area contributed by atoms with Gasteiger partial charge < -0.3 is 15.2 Å². The first kappa shape index (κ1) is 8.69. The average Bonchev–Trinajstić information content (AvgIpc) is 2.99. The van der Waals surface area contributed by atoms with Crippen LogP contribution in [0, 0.1) is 0 Å². The van der Waals surface area contributed by atoms with Gasteiger partial charge in [0.1, 0.15) is 12.3 Å². The molecule has 1 aliphatic rings. The van der Waals surface area contributed by atoms with Gasteiger partial charge in [0.25, 0.3) is 0 Å². The zero-order chi connectivity index (χ0) is 9.10. The van der Waals surface area contributed by atoms with E-state index in [1.54, 1.807) is 0 Å². The van der Waals surface area contributed by atoms with Crippen molar-refractivity contribution in [3.05, 3.63) is 35.9 Å². The van der Waals surface area contributed by atoms with Crippen molar-refractivity contribution in [3.8, 4) is 0 Å². The number of hydrogen-bond donors (Lipinski definition) is 1. The van der Waals surface area contributed by atoms with Gasteiger partial charge in [-0.2, -0.15) is 0 Å². The van der Waals surface area contributed by atoms with Crippen LogP contribution in [-0.2, 0) is 9.47 Å². The number of nitrogens with two attached hydrogens (primary N) is 1. The van der Waals surface area contributed by atoms with Gasteiger partial charge in [0.05, 0.1) is 13.2 Å². The summed E-state index contributed by atoms with van der Waals surface area (Å²) in [7, 11) is 0. The minimum Gasteiger partial charge on any atom is -0.371 e. The highest BCUT2D eigenvalue weighted by molar-refractivity contribution is 5.16. The molecule has 13 heavy (non-hydrogen) atoms. The van der Waals surface area contributed by atoms with Gasteiger partial charge in [0.15, 0.2) is 0 Å². The molecule has 0 bridgehead atoms. The van der Waals surface area contributed by atoms with Crippen LogP contribution in [0.25, 0.3) is 0 Å². The van der Waals surface area contributed by atoms with Gasteiger partial charge in [-0.25, -0.2) is 0 Å². The maximum atomic E-state index is 5.79. The van der Waals surface area contributed by atoms with E-state index >= 15 is 0 Å². The Morgan fingerprint density at radius 2 is 2.15 bits per heavy atom. The lowest BCUT2D eigenvalue weighted by Crippen LogP contribution is -2.16. The Bertz CT molecular complexity index is 259. The molecule has 70 valence electrons. The van der Waals surface area contributed by atoms with E-state index in [1.807, 2.05) is 30.3 Å². The van der Waals surface area contributed by atoms with Crippen LogP contribution >= 0.6 is 0 Å². The van der Waals surface area contributed by atoms with Crippen LogP contribution in [0.5, 0.6) is 0 Å². The largest absolute Gasteiger partial charge is 0.371 e. The van der Waals surface area contributed by atoms with Crippen LogP contribution < -0.4 is 5.73 Å². The lowest BCUT2D eigenvalue weighted by molar-refractivity contribution is 0.0461. The molecular formula is C10H13NO2. The third-order valence-corrected chi connectivity index (χ3v) is 1.99. The van der Waals surface area contributed by atoms with E-state index in [4.69, 9.17) is 15.2 Å². The van der Waals surface area contributed by atoms with Crippen LogP contribution in [0.2, 0.25) is 0 Å². The number of hydrogen-bond acceptors (Lipinski definition) is 3. The summed E-state index contributed by atoms with van der Waals surface area (Å²) in [5.74, 6) is 0. The molecule has 1 aromatic rings. The van der Waals surface area contributed by atoms with E-state index in [0.717, 1.165) is 12.2 Å². The highest BCUT2D eigenvalue weighted by atomic mass is 16.6. The quantitative estimate of drug-likeness (QED) is 0.555. The van der Waals surface area contributed by atoms with E-state index < -0.39 is 0 Å². The van der Waals surface area contributed by atoms with Gasteiger partial charge in [-0.05, 0) is 5.56 Å². The van der Waals surface area contributed by atoms with Crippen molar-refractivity contribution in [1.29, 1.82) is 0 Å². The van der Waals surface area contributed by atoms with Crippen LogP contribution in [-0.4, -0.2) is 19.3 Å². The molecule has 3 nitrogen and oxygen atoms in total. The Balaban J connectivity index is 1.85. The summed E-state index contributed by atoms with van der Waals surface area (Å²) in [5.41, 5.74) is 6.80. The molecule has 0 saturated carbocycles. The Hall–Kier alpha value is -0.900. The van der Waals surface area contributed by atoms with Crippen LogP contribution in [0.15, 0.2) is 30.3 Å². The Kier molecular flexibility index (Phi) is 2.59.